The second-order valence-electron chi connectivity index (χ2n) is 3.85. The molecule has 0 aliphatic carbocycles. The number of thioether (sulfide) groups is 1. The van der Waals surface area contributed by atoms with Crippen molar-refractivity contribution in [3.8, 4) is 0 Å². The molecule has 2 nitrogen and oxygen atoms in total. The van der Waals surface area contributed by atoms with E-state index in [1.54, 1.807) is 11.8 Å². The summed E-state index contributed by atoms with van der Waals surface area (Å²) in [6.45, 7) is 4.16. The maximum absolute atomic E-state index is 4.64. The van der Waals surface area contributed by atoms with Crippen molar-refractivity contribution in [1.82, 2.24) is 0 Å². The van der Waals surface area contributed by atoms with Gasteiger partial charge in [0.15, 0.2) is 0 Å². The monoisotopic (exact) mass is 206 g/mol. The molecule has 3 heteroatoms. The van der Waals surface area contributed by atoms with E-state index in [2.05, 4.69) is 42.5 Å². The molecule has 0 aromatic heterocycles. The predicted molar refractivity (Wildman–Crippen MR) is 64.2 cm³/mol. The molecular weight excluding hydrogens is 192 g/mol. The fourth-order valence-electron chi connectivity index (χ4n) is 1.61. The molecule has 0 saturated carbocycles. The van der Waals surface area contributed by atoms with Crippen LogP contribution in [-0.4, -0.2) is 17.0 Å². The van der Waals surface area contributed by atoms with Gasteiger partial charge in [-0.1, -0.05) is 18.2 Å². The van der Waals surface area contributed by atoms with Crippen LogP contribution in [0.2, 0.25) is 0 Å². The van der Waals surface area contributed by atoms with Gasteiger partial charge in [-0.3, -0.25) is 4.99 Å². The standard InChI is InChI=1S/C11H14N2S/c1-11(2)12-9-7-5-4-6-8(9)10(13-11)14-3/h4-7,12H,1-3H3. The van der Waals surface area contributed by atoms with Crippen molar-refractivity contribution in [3.63, 3.8) is 0 Å². The molecule has 0 radical (unpaired) electrons. The Balaban J connectivity index is 2.53. The lowest BCUT2D eigenvalue weighted by Crippen LogP contribution is -2.33. The Hall–Kier alpha value is -0.960. The summed E-state index contributed by atoms with van der Waals surface area (Å²) in [5, 5.41) is 4.51. The lowest BCUT2D eigenvalue weighted by molar-refractivity contribution is 0.599. The normalized spacial score (nSPS) is 18.1. The van der Waals surface area contributed by atoms with E-state index in [0.29, 0.717) is 0 Å². The number of hydrogen-bond donors (Lipinski definition) is 1. The Labute approximate surface area is 88.8 Å². The van der Waals surface area contributed by atoms with E-state index in [1.807, 2.05) is 12.1 Å². The Morgan fingerprint density at radius 3 is 2.71 bits per heavy atom. The van der Waals surface area contributed by atoms with Crippen LogP contribution in [0.4, 0.5) is 5.69 Å². The predicted octanol–water partition coefficient (Wildman–Crippen LogP) is 2.96. The second-order valence-corrected chi connectivity index (χ2v) is 4.65. The summed E-state index contributed by atoms with van der Waals surface area (Å²) in [5.74, 6) is 0. The van der Waals surface area contributed by atoms with Gasteiger partial charge in [-0.25, -0.2) is 0 Å². The zero-order chi connectivity index (χ0) is 10.2. The molecule has 14 heavy (non-hydrogen) atoms. The van der Waals surface area contributed by atoms with Crippen LogP contribution in [0.1, 0.15) is 19.4 Å². The Morgan fingerprint density at radius 2 is 2.00 bits per heavy atom. The number of fused-ring (bicyclic) bond motifs is 1. The summed E-state index contributed by atoms with van der Waals surface area (Å²) >= 11 is 1.70. The first kappa shape index (κ1) is 9.59. The summed E-state index contributed by atoms with van der Waals surface area (Å²) < 4.78 is 0. The fourth-order valence-corrected chi connectivity index (χ4v) is 2.32. The van der Waals surface area contributed by atoms with E-state index in [0.717, 1.165) is 5.04 Å². The van der Waals surface area contributed by atoms with Gasteiger partial charge in [0.25, 0.3) is 0 Å². The van der Waals surface area contributed by atoms with Crippen LogP contribution in [0, 0.1) is 0 Å². The van der Waals surface area contributed by atoms with Crippen LogP contribution in [0.3, 0.4) is 0 Å². The number of nitrogens with zero attached hydrogens (tertiary/aromatic N) is 1. The van der Waals surface area contributed by atoms with Gasteiger partial charge in [-0.15, -0.1) is 11.8 Å². The molecule has 74 valence electrons. The Morgan fingerprint density at radius 1 is 1.29 bits per heavy atom. The Bertz CT molecular complexity index is 383. The summed E-state index contributed by atoms with van der Waals surface area (Å²) in [5.41, 5.74) is 2.20. The lowest BCUT2D eigenvalue weighted by Gasteiger charge is -2.30. The highest BCUT2D eigenvalue weighted by molar-refractivity contribution is 8.13. The molecule has 2 rings (SSSR count). The van der Waals surface area contributed by atoms with E-state index >= 15 is 0 Å². The third kappa shape index (κ3) is 1.64. The van der Waals surface area contributed by atoms with Gasteiger partial charge in [0.05, 0.1) is 0 Å². The zero-order valence-electron chi connectivity index (χ0n) is 8.66. The Kier molecular flexibility index (Phi) is 2.27. The van der Waals surface area contributed by atoms with Crippen molar-refractivity contribution in [2.45, 2.75) is 19.5 Å². The highest BCUT2D eigenvalue weighted by Crippen LogP contribution is 2.30. The molecule has 0 unspecified atom stereocenters. The van der Waals surface area contributed by atoms with Crippen LogP contribution in [0.15, 0.2) is 29.3 Å². The first-order valence-electron chi connectivity index (χ1n) is 4.64. The highest BCUT2D eigenvalue weighted by atomic mass is 32.2. The average molecular weight is 206 g/mol. The van der Waals surface area contributed by atoms with Crippen LogP contribution >= 0.6 is 11.8 Å². The van der Waals surface area contributed by atoms with Crippen LogP contribution in [0.5, 0.6) is 0 Å². The van der Waals surface area contributed by atoms with Gasteiger partial charge in [-0.05, 0) is 26.2 Å². The quantitative estimate of drug-likeness (QED) is 0.705. The third-order valence-corrected chi connectivity index (χ3v) is 2.87. The smallest absolute Gasteiger partial charge is 0.125 e. The molecule has 0 fully saturated rings. The van der Waals surface area contributed by atoms with Crippen molar-refractivity contribution < 1.29 is 0 Å². The van der Waals surface area contributed by atoms with Crippen LogP contribution < -0.4 is 5.32 Å². The molecule has 1 aliphatic heterocycles. The number of benzene rings is 1. The van der Waals surface area contributed by atoms with Gasteiger partial charge in [0, 0.05) is 11.3 Å². The highest BCUT2D eigenvalue weighted by Gasteiger charge is 2.24. The first-order chi connectivity index (χ1) is 6.62. The SMILES string of the molecule is CSC1=NC(C)(C)Nc2ccccc21. The van der Waals surface area contributed by atoms with Crippen molar-refractivity contribution in [1.29, 1.82) is 0 Å². The van der Waals surface area contributed by atoms with Crippen molar-refractivity contribution in [3.05, 3.63) is 29.8 Å². The van der Waals surface area contributed by atoms with Gasteiger partial charge < -0.3 is 5.32 Å². The lowest BCUT2D eigenvalue weighted by atomic mass is 10.1. The molecule has 1 aromatic carbocycles. The number of rotatable bonds is 0. The minimum atomic E-state index is -0.188. The average Bonchev–Trinajstić information content (AvgIpc) is 2.15. The van der Waals surface area contributed by atoms with Gasteiger partial charge in [-0.2, -0.15) is 0 Å². The minimum absolute atomic E-state index is 0.188. The first-order valence-corrected chi connectivity index (χ1v) is 5.86. The summed E-state index contributed by atoms with van der Waals surface area (Å²) in [7, 11) is 0. The maximum atomic E-state index is 4.64. The molecule has 0 bridgehead atoms. The van der Waals surface area contributed by atoms with E-state index < -0.39 is 0 Å². The largest absolute Gasteiger partial charge is 0.361 e. The second kappa shape index (κ2) is 3.31. The fraction of sp³-hybridized carbons (Fsp3) is 0.364. The molecule has 0 saturated heterocycles. The number of aliphatic imine (C=N–C) groups is 1. The number of nitrogens with one attached hydrogen (secondary N) is 1. The summed E-state index contributed by atoms with van der Waals surface area (Å²) in [4.78, 5) is 4.64. The minimum Gasteiger partial charge on any atom is -0.361 e. The third-order valence-electron chi connectivity index (χ3n) is 2.17. The summed E-state index contributed by atoms with van der Waals surface area (Å²) in [6, 6.07) is 8.30. The molecule has 1 heterocycles. The van der Waals surface area contributed by atoms with E-state index in [1.165, 1.54) is 11.3 Å². The van der Waals surface area contributed by atoms with Crippen molar-refractivity contribution in [2.24, 2.45) is 4.99 Å². The molecule has 1 aliphatic rings. The van der Waals surface area contributed by atoms with Gasteiger partial charge in [0.2, 0.25) is 0 Å². The topological polar surface area (TPSA) is 24.4 Å². The van der Waals surface area contributed by atoms with E-state index in [9.17, 15) is 0 Å². The molecular formula is C11H14N2S. The van der Waals surface area contributed by atoms with Crippen LogP contribution in [-0.2, 0) is 0 Å². The number of para-hydroxylation sites is 1. The van der Waals surface area contributed by atoms with E-state index in [-0.39, 0.29) is 5.66 Å². The summed E-state index contributed by atoms with van der Waals surface area (Å²) in [6.07, 6.45) is 2.07. The van der Waals surface area contributed by atoms with Gasteiger partial charge in [0.1, 0.15) is 10.7 Å². The van der Waals surface area contributed by atoms with E-state index in [4.69, 9.17) is 0 Å². The molecule has 1 N–H and O–H groups in total. The number of hydrogen-bond acceptors (Lipinski definition) is 3. The van der Waals surface area contributed by atoms with Crippen LogP contribution in [0.25, 0.3) is 0 Å². The molecule has 0 amide bonds. The zero-order valence-corrected chi connectivity index (χ0v) is 9.48. The van der Waals surface area contributed by atoms with Gasteiger partial charge >= 0.3 is 0 Å². The molecule has 0 atom stereocenters. The van der Waals surface area contributed by atoms with Crippen molar-refractivity contribution >= 4 is 22.5 Å². The maximum Gasteiger partial charge on any atom is 0.125 e. The molecule has 0 spiro atoms. The number of anilines is 1. The molecule has 1 aromatic rings. The van der Waals surface area contributed by atoms with Crippen molar-refractivity contribution in [2.75, 3.05) is 11.6 Å².